The summed E-state index contributed by atoms with van der Waals surface area (Å²) in [6.45, 7) is 2.64. The number of piperidine rings is 1. The van der Waals surface area contributed by atoms with E-state index in [4.69, 9.17) is 28.5 Å². The van der Waals surface area contributed by atoms with Gasteiger partial charge in [0.25, 0.3) is 0 Å². The zero-order valence-electron chi connectivity index (χ0n) is 24.7. The molecule has 3 atom stereocenters. The van der Waals surface area contributed by atoms with E-state index in [1.54, 1.807) is 24.4 Å². The van der Waals surface area contributed by atoms with E-state index in [-0.39, 0.29) is 23.1 Å². The lowest BCUT2D eigenvalue weighted by molar-refractivity contribution is 0.109. The van der Waals surface area contributed by atoms with Crippen molar-refractivity contribution >= 4 is 28.6 Å². The number of nitrogens with zero attached hydrogens (tertiary/aromatic N) is 3. The van der Waals surface area contributed by atoms with Gasteiger partial charge in [0.05, 0.1) is 16.4 Å². The number of hydrogen-bond acceptors (Lipinski definition) is 5. The average molecular weight is 607 g/mol. The largest absolute Gasteiger partial charge is 0.370 e. The second-order valence-corrected chi connectivity index (χ2v) is 12.1. The minimum absolute atomic E-state index is 0.00100. The molecule has 1 fully saturated rings. The Morgan fingerprint density at radius 2 is 2.02 bits per heavy atom. The van der Waals surface area contributed by atoms with Crippen molar-refractivity contribution in [3.05, 3.63) is 81.1 Å². The number of nitrogens with two attached hydrogens (primary N) is 2. The highest BCUT2D eigenvalue weighted by Gasteiger charge is 2.28. The van der Waals surface area contributed by atoms with Gasteiger partial charge < -0.3 is 21.8 Å². The number of halogens is 2. The maximum Gasteiger partial charge on any atom is 0.354 e. The van der Waals surface area contributed by atoms with Crippen LogP contribution in [0.3, 0.4) is 0 Å². The van der Waals surface area contributed by atoms with Crippen molar-refractivity contribution in [3.8, 4) is 16.9 Å². The van der Waals surface area contributed by atoms with Gasteiger partial charge in [0.15, 0.2) is 11.8 Å². The monoisotopic (exact) mass is 606 g/mol. The van der Waals surface area contributed by atoms with Crippen molar-refractivity contribution in [2.24, 2.45) is 11.5 Å². The Bertz CT molecular complexity index is 1650. The number of hydrogen-bond donors (Lipinski definition) is 5. The molecule has 9 nitrogen and oxygen atoms in total. The van der Waals surface area contributed by atoms with Gasteiger partial charge in [-0.1, -0.05) is 23.7 Å². The van der Waals surface area contributed by atoms with Gasteiger partial charge in [0.1, 0.15) is 5.65 Å². The van der Waals surface area contributed by atoms with E-state index in [9.17, 15) is 4.79 Å². The summed E-state index contributed by atoms with van der Waals surface area (Å²) >= 11 is 6.26. The highest BCUT2D eigenvalue weighted by molar-refractivity contribution is 6.31. The third kappa shape index (κ3) is 7.09. The second-order valence-electron chi connectivity index (χ2n) is 11.7. The van der Waals surface area contributed by atoms with Crippen molar-refractivity contribution in [2.75, 3.05) is 13.6 Å². The predicted molar refractivity (Wildman–Crippen MR) is 171 cm³/mol. The Hall–Kier alpha value is -3.73. The van der Waals surface area contributed by atoms with E-state index in [2.05, 4.69) is 39.4 Å². The number of guanidine groups is 1. The number of nitrogens with one attached hydrogen (secondary N) is 3. The van der Waals surface area contributed by atoms with Crippen molar-refractivity contribution < 1.29 is 4.39 Å². The Morgan fingerprint density at radius 1 is 1.26 bits per heavy atom. The molecule has 1 aliphatic heterocycles. The van der Waals surface area contributed by atoms with Gasteiger partial charge in [0, 0.05) is 41.8 Å². The van der Waals surface area contributed by atoms with Gasteiger partial charge >= 0.3 is 5.69 Å². The van der Waals surface area contributed by atoms with E-state index in [1.165, 1.54) is 10.1 Å². The molecule has 228 valence electrons. The van der Waals surface area contributed by atoms with Crippen LogP contribution in [0.2, 0.25) is 5.02 Å². The number of aryl methyl sites for hydroxylation is 1. The van der Waals surface area contributed by atoms with E-state index in [0.717, 1.165) is 50.5 Å². The molecule has 0 unspecified atom stereocenters. The topological polar surface area (TPSA) is 142 Å². The van der Waals surface area contributed by atoms with Crippen LogP contribution in [0.25, 0.3) is 28.0 Å². The number of aromatic nitrogens is 3. The summed E-state index contributed by atoms with van der Waals surface area (Å²) in [4.78, 5) is 22.8. The zero-order chi connectivity index (χ0) is 30.7. The van der Waals surface area contributed by atoms with Gasteiger partial charge in [-0.15, -0.1) is 0 Å². The molecule has 7 N–H and O–H groups in total. The van der Waals surface area contributed by atoms with Crippen LogP contribution >= 0.6 is 11.6 Å². The highest BCUT2D eigenvalue weighted by atomic mass is 35.5. The van der Waals surface area contributed by atoms with Crippen molar-refractivity contribution in [2.45, 2.75) is 70.0 Å². The molecule has 3 heterocycles. The Kier molecular flexibility index (Phi) is 9.49. The van der Waals surface area contributed by atoms with Gasteiger partial charge in [0.2, 0.25) is 0 Å². The third-order valence-electron chi connectivity index (χ3n) is 8.44. The molecular formula is C32H40ClFN8O. The highest BCUT2D eigenvalue weighted by Crippen LogP contribution is 2.35. The maximum absolute atomic E-state index is 15.1. The van der Waals surface area contributed by atoms with E-state index < -0.39 is 11.5 Å². The first-order valence-corrected chi connectivity index (χ1v) is 15.2. The second kappa shape index (κ2) is 13.3. The maximum atomic E-state index is 15.1. The molecule has 0 bridgehead atoms. The lowest BCUT2D eigenvalue weighted by atomic mass is 9.90. The molecule has 0 radical (unpaired) electrons. The standard InChI is InChI=1S/C32H40ClFN8O/c1-19(35)5-3-6-20-15-25(29(34)26(33)16-20)27-17-22-18-42(32(43)40-30(22)39-27)24-11-9-21(10-12-24)28-8-4-7-23(41(28)2)13-14-38-31(36)37/h9-12,15-19,23,28H,3-8,13-14,35H2,1-2H3,(H4,36,37,38)(H,39,40,43)/t19-,23-,28-/m0/s1. The Labute approximate surface area is 255 Å². The molecule has 0 saturated carbocycles. The molecule has 0 amide bonds. The molecule has 1 aliphatic rings. The number of H-pyrrole nitrogens is 1. The molecular weight excluding hydrogens is 567 g/mol. The molecule has 4 aromatic rings. The molecule has 1 saturated heterocycles. The van der Waals surface area contributed by atoms with E-state index >= 15 is 4.39 Å². The van der Waals surface area contributed by atoms with E-state index in [0.29, 0.717) is 40.6 Å². The fourth-order valence-corrected chi connectivity index (χ4v) is 6.37. The summed E-state index contributed by atoms with van der Waals surface area (Å²) in [6.07, 6.45) is 8.42. The average Bonchev–Trinajstić information content (AvgIpc) is 3.37. The third-order valence-corrected chi connectivity index (χ3v) is 8.72. The van der Waals surface area contributed by atoms with Gasteiger partial charge in [-0.05, 0) is 100 Å². The normalized spacial score (nSPS) is 18.2. The molecule has 2 aromatic carbocycles. The van der Waals surface area contributed by atoms with Gasteiger partial charge in [-0.3, -0.25) is 14.9 Å². The summed E-state index contributed by atoms with van der Waals surface area (Å²) in [5.74, 6) is -0.515. The lowest BCUT2D eigenvalue weighted by Crippen LogP contribution is -2.41. The van der Waals surface area contributed by atoms with Crippen LogP contribution in [-0.2, 0) is 6.42 Å². The number of rotatable bonds is 10. The minimum atomic E-state index is -0.514. The summed E-state index contributed by atoms with van der Waals surface area (Å²) in [5, 5.41) is 11.0. The van der Waals surface area contributed by atoms with Crippen LogP contribution < -0.4 is 22.5 Å². The van der Waals surface area contributed by atoms with Crippen molar-refractivity contribution in [1.29, 1.82) is 5.41 Å². The zero-order valence-corrected chi connectivity index (χ0v) is 25.4. The summed E-state index contributed by atoms with van der Waals surface area (Å²) in [6, 6.07) is 14.1. The molecule has 2 aromatic heterocycles. The molecule has 5 rings (SSSR count). The van der Waals surface area contributed by atoms with Gasteiger partial charge in [-0.25, -0.2) is 9.18 Å². The van der Waals surface area contributed by atoms with Crippen LogP contribution in [-0.4, -0.2) is 51.1 Å². The van der Waals surface area contributed by atoms with Crippen LogP contribution in [0.4, 0.5) is 4.39 Å². The predicted octanol–water partition coefficient (Wildman–Crippen LogP) is 5.24. The number of likely N-dealkylation sites (tertiary alicyclic amines) is 1. The van der Waals surface area contributed by atoms with Crippen molar-refractivity contribution in [3.63, 3.8) is 0 Å². The quantitative estimate of drug-likeness (QED) is 0.123. The summed E-state index contributed by atoms with van der Waals surface area (Å²) in [5.41, 5.74) is 15.0. The van der Waals surface area contributed by atoms with Gasteiger partial charge in [-0.2, -0.15) is 4.98 Å². The van der Waals surface area contributed by atoms with Crippen LogP contribution in [0.5, 0.6) is 0 Å². The Balaban J connectivity index is 1.37. The van der Waals surface area contributed by atoms with Crippen LogP contribution in [0, 0.1) is 11.2 Å². The van der Waals surface area contributed by atoms with E-state index in [1.807, 2.05) is 19.1 Å². The number of benzene rings is 2. The summed E-state index contributed by atoms with van der Waals surface area (Å²) < 4.78 is 16.6. The lowest BCUT2D eigenvalue weighted by Gasteiger charge is -2.40. The first-order valence-electron chi connectivity index (χ1n) is 14.9. The number of fused-ring (bicyclic) bond motifs is 1. The van der Waals surface area contributed by atoms with Crippen LogP contribution in [0.15, 0.2) is 53.5 Å². The first kappa shape index (κ1) is 30.7. The fraction of sp³-hybridized carbons (Fsp3) is 0.406. The van der Waals surface area contributed by atoms with Crippen molar-refractivity contribution in [1.82, 2.24) is 24.8 Å². The minimum Gasteiger partial charge on any atom is -0.370 e. The SMILES string of the molecule is C[C@H](N)CCCc1cc(Cl)c(F)c(-c2cc3cn(-c4ccc([C@@H]5CCC[C@@H](CCNC(=N)N)N5C)cc4)c(=O)nc3[nH]2)c1. The van der Waals surface area contributed by atoms with Crippen LogP contribution in [0.1, 0.15) is 62.6 Å². The summed E-state index contributed by atoms with van der Waals surface area (Å²) in [7, 11) is 2.15. The fourth-order valence-electron chi connectivity index (χ4n) is 6.13. The molecule has 11 heteroatoms. The molecule has 43 heavy (non-hydrogen) atoms. The smallest absolute Gasteiger partial charge is 0.354 e. The first-order chi connectivity index (χ1) is 20.6. The Morgan fingerprint density at radius 3 is 2.74 bits per heavy atom. The molecule has 0 spiro atoms. The number of aromatic amines is 1. The molecule has 0 aliphatic carbocycles.